The molecule has 1 aliphatic carbocycles. The van der Waals surface area contributed by atoms with Crippen molar-refractivity contribution < 1.29 is 13.9 Å². The molecular weight excluding hydrogens is 374 g/mol. The molecule has 27 heavy (non-hydrogen) atoms. The van der Waals surface area contributed by atoms with Crippen molar-refractivity contribution >= 4 is 32.7 Å². The van der Waals surface area contributed by atoms with Crippen LogP contribution < -0.4 is 0 Å². The van der Waals surface area contributed by atoms with Gasteiger partial charge in [-0.1, -0.05) is 11.3 Å². The molecule has 138 valence electrons. The maximum Gasteiger partial charge on any atom is 0.241 e. The highest BCUT2D eigenvalue weighted by Gasteiger charge is 2.50. The number of fused-ring (bicyclic) bond motifs is 2. The van der Waals surface area contributed by atoms with E-state index in [4.69, 9.17) is 0 Å². The highest BCUT2D eigenvalue weighted by molar-refractivity contribution is 7.18. The number of aliphatic hydroxyl groups is 1. The van der Waals surface area contributed by atoms with Gasteiger partial charge >= 0.3 is 0 Å². The fourth-order valence-electron chi connectivity index (χ4n) is 3.39. The predicted molar refractivity (Wildman–Crippen MR) is 95.3 cm³/mol. The molecule has 0 aromatic carbocycles. The number of alkyl halides is 2. The van der Waals surface area contributed by atoms with Crippen molar-refractivity contribution in [2.75, 3.05) is 0 Å². The van der Waals surface area contributed by atoms with Crippen LogP contribution in [0.25, 0.3) is 32.8 Å². The Morgan fingerprint density at radius 1 is 1.26 bits per heavy atom. The molecule has 0 radical (unpaired) electrons. The predicted octanol–water partition coefficient (Wildman–Crippen LogP) is 2.90. The van der Waals surface area contributed by atoms with Gasteiger partial charge in [-0.2, -0.15) is 5.10 Å². The Hall–Kier alpha value is -2.59. The fraction of sp³-hybridized carbons (Fsp3) is 0.353. The number of halogens is 2. The quantitative estimate of drug-likeness (QED) is 0.580. The smallest absolute Gasteiger partial charge is 0.241 e. The molecule has 0 amide bonds. The number of aromatic nitrogens is 6. The lowest BCUT2D eigenvalue weighted by Gasteiger charge is -2.41. The summed E-state index contributed by atoms with van der Waals surface area (Å²) in [5, 5.41) is 16.1. The second-order valence-electron chi connectivity index (χ2n) is 6.88. The minimum Gasteiger partial charge on any atom is -0.383 e. The largest absolute Gasteiger partial charge is 0.383 e. The maximum absolute atomic E-state index is 12.7. The molecule has 0 aliphatic heterocycles. The van der Waals surface area contributed by atoms with Gasteiger partial charge in [0.25, 0.3) is 0 Å². The van der Waals surface area contributed by atoms with E-state index in [-0.39, 0.29) is 12.8 Å². The summed E-state index contributed by atoms with van der Waals surface area (Å²) in [5.41, 5.74) is 0.641. The van der Waals surface area contributed by atoms with E-state index >= 15 is 0 Å². The molecule has 7 nitrogen and oxygen atoms in total. The van der Waals surface area contributed by atoms with Crippen molar-refractivity contribution in [3.05, 3.63) is 29.7 Å². The van der Waals surface area contributed by atoms with E-state index in [9.17, 15) is 13.9 Å². The lowest BCUT2D eigenvalue weighted by atomic mass is 9.71. The Balaban J connectivity index is 1.50. The molecule has 0 bridgehead atoms. The lowest BCUT2D eigenvalue weighted by molar-refractivity contribution is -0.126. The van der Waals surface area contributed by atoms with Gasteiger partial charge in [0, 0.05) is 36.3 Å². The van der Waals surface area contributed by atoms with Gasteiger partial charge in [-0.25, -0.2) is 28.7 Å². The van der Waals surface area contributed by atoms with Crippen molar-refractivity contribution in [2.24, 2.45) is 13.0 Å². The van der Waals surface area contributed by atoms with Gasteiger partial charge in [0.05, 0.1) is 6.20 Å². The van der Waals surface area contributed by atoms with Crippen LogP contribution >= 0.6 is 11.3 Å². The molecule has 0 saturated heterocycles. The Kier molecular flexibility index (Phi) is 3.50. The first kappa shape index (κ1) is 16.6. The third-order valence-electron chi connectivity index (χ3n) is 4.84. The molecule has 4 heterocycles. The van der Waals surface area contributed by atoms with E-state index in [0.29, 0.717) is 26.8 Å². The average molecular weight is 388 g/mol. The van der Waals surface area contributed by atoms with E-state index in [1.165, 1.54) is 11.3 Å². The molecule has 0 spiro atoms. The Bertz CT molecular complexity index is 1170. The molecule has 1 aliphatic rings. The first-order valence-electron chi connectivity index (χ1n) is 8.36. The van der Waals surface area contributed by atoms with Crippen molar-refractivity contribution in [3.63, 3.8) is 0 Å². The summed E-state index contributed by atoms with van der Waals surface area (Å²) >= 11 is 1.22. The van der Waals surface area contributed by atoms with Gasteiger partial charge in [-0.15, -0.1) is 0 Å². The number of nitrogens with zero attached hydrogens (tertiary/aromatic N) is 6. The van der Waals surface area contributed by atoms with Gasteiger partial charge in [0.1, 0.15) is 21.0 Å². The average Bonchev–Trinajstić information content (AvgIpc) is 3.19. The summed E-state index contributed by atoms with van der Waals surface area (Å²) in [6.07, 6.45) is 2.73. The maximum atomic E-state index is 12.7. The van der Waals surface area contributed by atoms with E-state index in [1.807, 2.05) is 19.3 Å². The molecule has 10 heteroatoms. The van der Waals surface area contributed by atoms with Crippen LogP contribution in [-0.2, 0) is 12.6 Å². The SMILES string of the molecule is Cn1cc2cc(-c3ncc4nc(C5(O)CC(C(F)F)C5)sc4n3)cnc2n1. The Labute approximate surface area is 155 Å². The normalized spacial score (nSPS) is 22.6. The first-order valence-corrected chi connectivity index (χ1v) is 9.17. The van der Waals surface area contributed by atoms with Crippen LogP contribution in [0.2, 0.25) is 0 Å². The molecule has 4 aromatic rings. The van der Waals surface area contributed by atoms with E-state index in [2.05, 4.69) is 25.0 Å². The van der Waals surface area contributed by atoms with Crippen LogP contribution in [-0.4, -0.2) is 41.2 Å². The van der Waals surface area contributed by atoms with Gasteiger partial charge in [-0.3, -0.25) is 4.68 Å². The van der Waals surface area contributed by atoms with E-state index in [1.54, 1.807) is 17.1 Å². The minimum atomic E-state index is -2.42. The molecule has 1 fully saturated rings. The van der Waals surface area contributed by atoms with Crippen LogP contribution in [0.3, 0.4) is 0 Å². The molecular formula is C17H14F2N6OS. The second kappa shape index (κ2) is 5.70. The molecule has 0 unspecified atom stereocenters. The monoisotopic (exact) mass is 388 g/mol. The van der Waals surface area contributed by atoms with Gasteiger partial charge in [-0.05, 0) is 18.9 Å². The number of pyridine rings is 1. The van der Waals surface area contributed by atoms with Crippen molar-refractivity contribution in [1.29, 1.82) is 0 Å². The lowest BCUT2D eigenvalue weighted by Crippen LogP contribution is -2.43. The van der Waals surface area contributed by atoms with Gasteiger partial charge < -0.3 is 5.11 Å². The van der Waals surface area contributed by atoms with Crippen LogP contribution in [0, 0.1) is 5.92 Å². The topological polar surface area (TPSA) is 89.6 Å². The molecule has 5 rings (SSSR count). The highest BCUT2D eigenvalue weighted by Crippen LogP contribution is 2.49. The Morgan fingerprint density at radius 3 is 2.85 bits per heavy atom. The zero-order valence-electron chi connectivity index (χ0n) is 14.2. The van der Waals surface area contributed by atoms with Crippen LogP contribution in [0.5, 0.6) is 0 Å². The third-order valence-corrected chi connectivity index (χ3v) is 6.00. The van der Waals surface area contributed by atoms with Crippen LogP contribution in [0.15, 0.2) is 24.7 Å². The summed E-state index contributed by atoms with van der Waals surface area (Å²) < 4.78 is 27.2. The summed E-state index contributed by atoms with van der Waals surface area (Å²) in [6.45, 7) is 0. The van der Waals surface area contributed by atoms with Crippen LogP contribution in [0.4, 0.5) is 8.78 Å². The second-order valence-corrected chi connectivity index (χ2v) is 7.85. The number of aryl methyl sites for hydroxylation is 1. The summed E-state index contributed by atoms with van der Waals surface area (Å²) in [5.74, 6) is -0.289. The number of thiazole rings is 1. The first-order chi connectivity index (χ1) is 12.9. The zero-order valence-corrected chi connectivity index (χ0v) is 15.0. The number of hydrogen-bond donors (Lipinski definition) is 1. The molecule has 1 saturated carbocycles. The highest BCUT2D eigenvalue weighted by atomic mass is 32.1. The number of hydrogen-bond acceptors (Lipinski definition) is 7. The van der Waals surface area contributed by atoms with E-state index < -0.39 is 17.9 Å². The van der Waals surface area contributed by atoms with Gasteiger partial charge in [0.2, 0.25) is 6.43 Å². The summed E-state index contributed by atoms with van der Waals surface area (Å²) in [7, 11) is 1.83. The van der Waals surface area contributed by atoms with E-state index in [0.717, 1.165) is 10.9 Å². The number of rotatable bonds is 3. The van der Waals surface area contributed by atoms with Crippen molar-refractivity contribution in [3.8, 4) is 11.4 Å². The summed E-state index contributed by atoms with van der Waals surface area (Å²) in [4.78, 5) is 18.1. The molecule has 0 atom stereocenters. The fourth-order valence-corrected chi connectivity index (χ4v) is 4.41. The van der Waals surface area contributed by atoms with Crippen molar-refractivity contribution in [1.82, 2.24) is 29.7 Å². The molecule has 1 N–H and O–H groups in total. The van der Waals surface area contributed by atoms with Crippen LogP contribution in [0.1, 0.15) is 17.8 Å². The zero-order chi connectivity index (χ0) is 18.8. The van der Waals surface area contributed by atoms with Crippen molar-refractivity contribution in [2.45, 2.75) is 24.9 Å². The minimum absolute atomic E-state index is 0.0202. The van der Waals surface area contributed by atoms with Gasteiger partial charge in [0.15, 0.2) is 11.5 Å². The molecule has 4 aromatic heterocycles. The Morgan fingerprint density at radius 2 is 2.07 bits per heavy atom. The summed E-state index contributed by atoms with van der Waals surface area (Å²) in [6, 6.07) is 1.91. The standard InChI is InChI=1S/C17H14F2N6OS/c1-25-7-9-2-8(5-20-14(9)24-25)13-21-6-11-15(23-13)27-16(22-11)17(26)3-10(4-17)12(18)19/h2,5-7,10,12,26H,3-4H2,1H3. The third kappa shape index (κ3) is 2.67.